The summed E-state index contributed by atoms with van der Waals surface area (Å²) in [5.74, 6) is -3.83. The quantitative estimate of drug-likeness (QED) is 0.589. The Morgan fingerprint density at radius 3 is 2.22 bits per heavy atom. The molecule has 2 aromatic rings. The van der Waals surface area contributed by atoms with E-state index in [-0.39, 0.29) is 22.4 Å². The number of carbonyl (C=O) groups excluding carboxylic acids is 3. The normalized spacial score (nSPS) is 12.1. The van der Waals surface area contributed by atoms with Crippen molar-refractivity contribution in [2.24, 2.45) is 5.73 Å². The molecule has 27 heavy (non-hydrogen) atoms. The van der Waals surface area contributed by atoms with E-state index in [9.17, 15) is 32.7 Å². The summed E-state index contributed by atoms with van der Waals surface area (Å²) >= 11 is 0. The van der Waals surface area contributed by atoms with Crippen molar-refractivity contribution in [1.82, 2.24) is 5.32 Å². The molecule has 0 radical (unpaired) electrons. The van der Waals surface area contributed by atoms with E-state index in [1.807, 2.05) is 0 Å². The zero-order valence-electron chi connectivity index (χ0n) is 13.6. The Balaban J connectivity index is 2.16. The molecule has 5 N–H and O–H groups in total. The van der Waals surface area contributed by atoms with Crippen LogP contribution in [-0.4, -0.2) is 29.0 Å². The first kappa shape index (κ1) is 19.9. The summed E-state index contributed by atoms with van der Waals surface area (Å²) in [6.45, 7) is 0. The predicted molar refractivity (Wildman–Crippen MR) is 88.5 cm³/mol. The number of rotatable bonds is 5. The largest absolute Gasteiger partial charge is 0.471 e. The number of alkyl halides is 3. The molecule has 0 aliphatic carbocycles. The summed E-state index contributed by atoms with van der Waals surface area (Å²) in [5, 5.41) is 13.9. The van der Waals surface area contributed by atoms with Crippen molar-refractivity contribution in [2.75, 3.05) is 5.32 Å². The van der Waals surface area contributed by atoms with Crippen molar-refractivity contribution in [3.63, 3.8) is 0 Å². The Kier molecular flexibility index (Phi) is 5.81. The van der Waals surface area contributed by atoms with Gasteiger partial charge in [0, 0.05) is 11.3 Å². The minimum Gasteiger partial charge on any atom is -0.369 e. The van der Waals surface area contributed by atoms with E-state index >= 15 is 0 Å². The van der Waals surface area contributed by atoms with Crippen molar-refractivity contribution in [3.8, 4) is 0 Å². The van der Waals surface area contributed by atoms with Gasteiger partial charge in [0.15, 0.2) is 6.23 Å². The summed E-state index contributed by atoms with van der Waals surface area (Å²) in [6.07, 6.45) is -6.68. The van der Waals surface area contributed by atoms with Crippen molar-refractivity contribution >= 4 is 23.4 Å². The molecule has 142 valence electrons. The minimum absolute atomic E-state index is 0.0138. The van der Waals surface area contributed by atoms with E-state index in [1.54, 1.807) is 5.32 Å². The molecule has 0 saturated carbocycles. The molecule has 0 aliphatic rings. The third-order valence-electron chi connectivity index (χ3n) is 3.42. The summed E-state index contributed by atoms with van der Waals surface area (Å²) in [6, 6.07) is 10.5. The predicted octanol–water partition coefficient (Wildman–Crippen LogP) is 1.71. The molecule has 0 aromatic heterocycles. The Morgan fingerprint density at radius 1 is 1.00 bits per heavy atom. The smallest absolute Gasteiger partial charge is 0.369 e. The van der Waals surface area contributed by atoms with Crippen LogP contribution in [-0.2, 0) is 4.79 Å². The van der Waals surface area contributed by atoms with E-state index in [0.717, 1.165) is 6.07 Å². The molecular weight excluding hydrogens is 367 g/mol. The van der Waals surface area contributed by atoms with Gasteiger partial charge < -0.3 is 21.5 Å². The molecule has 0 spiro atoms. The third-order valence-corrected chi connectivity index (χ3v) is 3.42. The lowest BCUT2D eigenvalue weighted by molar-refractivity contribution is -0.167. The molecule has 0 aliphatic heterocycles. The monoisotopic (exact) mass is 381 g/mol. The van der Waals surface area contributed by atoms with E-state index in [1.165, 1.54) is 42.5 Å². The Labute approximate surface area is 151 Å². The number of aliphatic hydroxyl groups is 1. The molecule has 3 amide bonds. The Hall–Kier alpha value is -3.40. The zero-order chi connectivity index (χ0) is 20.2. The summed E-state index contributed by atoms with van der Waals surface area (Å²) in [7, 11) is 0. The number of benzene rings is 2. The first-order valence-electron chi connectivity index (χ1n) is 7.45. The van der Waals surface area contributed by atoms with Gasteiger partial charge in [0.2, 0.25) is 5.91 Å². The van der Waals surface area contributed by atoms with E-state index in [2.05, 4.69) is 5.32 Å². The van der Waals surface area contributed by atoms with Gasteiger partial charge in [0.05, 0.1) is 11.1 Å². The topological polar surface area (TPSA) is 122 Å². The van der Waals surface area contributed by atoms with Crippen LogP contribution in [0.3, 0.4) is 0 Å². The van der Waals surface area contributed by atoms with Gasteiger partial charge >= 0.3 is 12.1 Å². The van der Waals surface area contributed by atoms with Gasteiger partial charge in [-0.2, -0.15) is 13.2 Å². The molecule has 2 rings (SSSR count). The first-order chi connectivity index (χ1) is 12.6. The number of primary amides is 1. The Bertz CT molecular complexity index is 884. The lowest BCUT2D eigenvalue weighted by Gasteiger charge is -2.16. The van der Waals surface area contributed by atoms with Crippen LogP contribution in [0.5, 0.6) is 0 Å². The molecule has 1 unspecified atom stereocenters. The van der Waals surface area contributed by atoms with Crippen LogP contribution < -0.4 is 16.4 Å². The van der Waals surface area contributed by atoms with Gasteiger partial charge in [0.1, 0.15) is 0 Å². The number of nitrogens with two attached hydrogens (primary N) is 1. The molecule has 2 aromatic carbocycles. The fraction of sp³-hybridized carbons (Fsp3) is 0.118. The number of nitrogens with one attached hydrogen (secondary N) is 2. The molecule has 0 bridgehead atoms. The van der Waals surface area contributed by atoms with Gasteiger partial charge in [-0.25, -0.2) is 0 Å². The molecule has 7 nitrogen and oxygen atoms in total. The number of halogens is 3. The summed E-state index contributed by atoms with van der Waals surface area (Å²) in [4.78, 5) is 34.6. The molecule has 0 heterocycles. The second-order valence-corrected chi connectivity index (χ2v) is 5.36. The van der Waals surface area contributed by atoms with Gasteiger partial charge in [-0.1, -0.05) is 24.3 Å². The van der Waals surface area contributed by atoms with Gasteiger partial charge in [-0.3, -0.25) is 14.4 Å². The van der Waals surface area contributed by atoms with Crippen LogP contribution in [0.1, 0.15) is 32.5 Å². The fourth-order valence-electron chi connectivity index (χ4n) is 2.17. The molecular formula is C17H14F3N3O4. The molecule has 1 atom stereocenters. The van der Waals surface area contributed by atoms with Crippen molar-refractivity contribution in [2.45, 2.75) is 12.4 Å². The van der Waals surface area contributed by atoms with E-state index < -0.39 is 30.1 Å². The highest BCUT2D eigenvalue weighted by Gasteiger charge is 2.38. The number of anilines is 1. The highest BCUT2D eigenvalue weighted by molar-refractivity contribution is 6.06. The maximum Gasteiger partial charge on any atom is 0.471 e. The maximum atomic E-state index is 12.3. The van der Waals surface area contributed by atoms with Crippen LogP contribution in [0, 0.1) is 0 Å². The van der Waals surface area contributed by atoms with Gasteiger partial charge in [-0.05, 0) is 24.3 Å². The summed E-state index contributed by atoms with van der Waals surface area (Å²) < 4.78 is 36.9. The van der Waals surface area contributed by atoms with Gasteiger partial charge in [0.25, 0.3) is 5.91 Å². The average molecular weight is 381 g/mol. The molecule has 10 heteroatoms. The highest BCUT2D eigenvalue weighted by atomic mass is 19.4. The number of carbonyl (C=O) groups is 3. The van der Waals surface area contributed by atoms with Crippen LogP contribution in [0.4, 0.5) is 18.9 Å². The lowest BCUT2D eigenvalue weighted by Crippen LogP contribution is -2.31. The number of hydrogen-bond acceptors (Lipinski definition) is 4. The van der Waals surface area contributed by atoms with Crippen molar-refractivity contribution in [1.29, 1.82) is 0 Å². The summed E-state index contributed by atoms with van der Waals surface area (Å²) in [5.41, 5.74) is 4.83. The Morgan fingerprint density at radius 2 is 1.63 bits per heavy atom. The van der Waals surface area contributed by atoms with Crippen LogP contribution >= 0.6 is 0 Å². The molecule has 0 fully saturated rings. The number of aliphatic hydroxyl groups excluding tert-OH is 1. The maximum absolute atomic E-state index is 12.3. The first-order valence-corrected chi connectivity index (χ1v) is 7.45. The lowest BCUT2D eigenvalue weighted by atomic mass is 10.1. The van der Waals surface area contributed by atoms with Crippen molar-refractivity contribution < 1.29 is 32.7 Å². The second-order valence-electron chi connectivity index (χ2n) is 5.36. The zero-order valence-corrected chi connectivity index (χ0v) is 13.6. The van der Waals surface area contributed by atoms with Crippen LogP contribution in [0.2, 0.25) is 0 Å². The third kappa shape index (κ3) is 5.05. The number of hydrogen-bond donors (Lipinski definition) is 4. The second kappa shape index (κ2) is 7.87. The average Bonchev–Trinajstić information content (AvgIpc) is 2.61. The molecule has 0 saturated heterocycles. The van der Waals surface area contributed by atoms with Crippen molar-refractivity contribution in [3.05, 3.63) is 65.2 Å². The van der Waals surface area contributed by atoms with Crippen LogP contribution in [0.15, 0.2) is 48.5 Å². The highest BCUT2D eigenvalue weighted by Crippen LogP contribution is 2.21. The van der Waals surface area contributed by atoms with Gasteiger partial charge in [-0.15, -0.1) is 0 Å². The fourth-order valence-corrected chi connectivity index (χ4v) is 2.17. The number of amides is 3. The standard InChI is InChI=1S/C17H14F3N3O4/c18-17(19,20)16(27)22-10-5-3-4-9(8-10)14(25)23-15(26)12-7-2-1-6-11(12)13(21)24/h1-8,14,25H,(H2,21,24)(H,22,27)(H,23,26). The SMILES string of the molecule is NC(=O)c1ccccc1C(=O)NC(O)c1cccc(NC(=O)C(F)(F)F)c1. The van der Waals surface area contributed by atoms with E-state index in [0.29, 0.717) is 0 Å². The van der Waals surface area contributed by atoms with Crippen LogP contribution in [0.25, 0.3) is 0 Å². The van der Waals surface area contributed by atoms with E-state index in [4.69, 9.17) is 5.73 Å². The minimum atomic E-state index is -5.07.